The molecule has 1 saturated heterocycles. The lowest BCUT2D eigenvalue weighted by Gasteiger charge is -2.34. The van der Waals surface area contributed by atoms with Crippen molar-refractivity contribution in [2.24, 2.45) is 0 Å². The molecule has 0 bridgehead atoms. The summed E-state index contributed by atoms with van der Waals surface area (Å²) < 4.78 is 33.1. The highest BCUT2D eigenvalue weighted by Gasteiger charge is 2.31. The molecule has 0 radical (unpaired) electrons. The molecule has 0 atom stereocenters. The lowest BCUT2D eigenvalue weighted by Crippen LogP contribution is -2.48. The van der Waals surface area contributed by atoms with E-state index in [1.165, 1.54) is 4.31 Å². The zero-order valence-corrected chi connectivity index (χ0v) is 12.7. The van der Waals surface area contributed by atoms with E-state index in [4.69, 9.17) is 16.3 Å². The standard InChI is InChI=1S/C11H23ClN2O3S/c1-3-13(4-2)18(15,16)14-8-5-11(6-9-14)17-10-7-12/h11H,3-10H2,1-2H3. The molecule has 108 valence electrons. The maximum atomic E-state index is 12.3. The van der Waals surface area contributed by atoms with Crippen LogP contribution >= 0.6 is 11.6 Å². The van der Waals surface area contributed by atoms with Gasteiger partial charge in [-0.25, -0.2) is 0 Å². The van der Waals surface area contributed by atoms with Crippen LogP contribution in [0.4, 0.5) is 0 Å². The van der Waals surface area contributed by atoms with Gasteiger partial charge in [-0.2, -0.15) is 17.0 Å². The van der Waals surface area contributed by atoms with Gasteiger partial charge in [-0.1, -0.05) is 13.8 Å². The van der Waals surface area contributed by atoms with Gasteiger partial charge in [0.1, 0.15) is 0 Å². The van der Waals surface area contributed by atoms with Crippen LogP contribution < -0.4 is 0 Å². The van der Waals surface area contributed by atoms with Crippen molar-refractivity contribution >= 4 is 21.8 Å². The van der Waals surface area contributed by atoms with Crippen LogP contribution in [0.15, 0.2) is 0 Å². The minimum atomic E-state index is -3.28. The third kappa shape index (κ3) is 4.06. The molecule has 5 nitrogen and oxygen atoms in total. The smallest absolute Gasteiger partial charge is 0.281 e. The van der Waals surface area contributed by atoms with Crippen molar-refractivity contribution in [1.29, 1.82) is 0 Å². The van der Waals surface area contributed by atoms with E-state index in [2.05, 4.69) is 0 Å². The number of hydrogen-bond donors (Lipinski definition) is 0. The number of hydrogen-bond acceptors (Lipinski definition) is 3. The number of ether oxygens (including phenoxy) is 1. The number of alkyl halides is 1. The maximum absolute atomic E-state index is 12.3. The van der Waals surface area contributed by atoms with Crippen LogP contribution in [0.2, 0.25) is 0 Å². The van der Waals surface area contributed by atoms with E-state index in [-0.39, 0.29) is 6.10 Å². The summed E-state index contributed by atoms with van der Waals surface area (Å²) in [5.74, 6) is 0.484. The van der Waals surface area contributed by atoms with Crippen molar-refractivity contribution in [2.75, 3.05) is 38.7 Å². The van der Waals surface area contributed by atoms with Gasteiger partial charge in [0.05, 0.1) is 12.7 Å². The predicted octanol–water partition coefficient (Wildman–Crippen LogP) is 1.29. The van der Waals surface area contributed by atoms with E-state index in [1.54, 1.807) is 4.31 Å². The van der Waals surface area contributed by atoms with E-state index in [0.29, 0.717) is 38.7 Å². The molecule has 1 fully saturated rings. The fraction of sp³-hybridized carbons (Fsp3) is 1.00. The van der Waals surface area contributed by atoms with Crippen molar-refractivity contribution in [3.63, 3.8) is 0 Å². The van der Waals surface area contributed by atoms with E-state index in [9.17, 15) is 8.42 Å². The van der Waals surface area contributed by atoms with Crippen molar-refractivity contribution in [3.05, 3.63) is 0 Å². The average Bonchev–Trinajstić information content (AvgIpc) is 2.38. The van der Waals surface area contributed by atoms with Crippen LogP contribution in [0.1, 0.15) is 26.7 Å². The monoisotopic (exact) mass is 298 g/mol. The molecule has 18 heavy (non-hydrogen) atoms. The van der Waals surface area contributed by atoms with Crippen LogP contribution in [0.3, 0.4) is 0 Å². The van der Waals surface area contributed by atoms with Gasteiger partial charge in [-0.3, -0.25) is 0 Å². The highest BCUT2D eigenvalue weighted by Crippen LogP contribution is 2.18. The Balaban J connectivity index is 2.51. The Labute approximate surface area is 115 Å². The van der Waals surface area contributed by atoms with Crippen LogP contribution in [-0.4, -0.2) is 61.8 Å². The van der Waals surface area contributed by atoms with Crippen LogP contribution in [-0.2, 0) is 14.9 Å². The summed E-state index contributed by atoms with van der Waals surface area (Å²) in [7, 11) is -3.28. The SMILES string of the molecule is CCN(CC)S(=O)(=O)N1CCC(OCCCl)CC1. The quantitative estimate of drug-likeness (QED) is 0.666. The molecule has 1 aliphatic heterocycles. The summed E-state index contributed by atoms with van der Waals surface area (Å²) in [5, 5.41) is 0. The molecule has 0 aliphatic carbocycles. The molecule has 1 aliphatic rings. The third-order valence-electron chi connectivity index (χ3n) is 3.19. The van der Waals surface area contributed by atoms with Gasteiger partial charge in [-0.15, -0.1) is 11.6 Å². The summed E-state index contributed by atoms with van der Waals surface area (Å²) in [4.78, 5) is 0. The Morgan fingerprint density at radius 2 is 1.83 bits per heavy atom. The molecule has 1 rings (SSSR count). The average molecular weight is 299 g/mol. The third-order valence-corrected chi connectivity index (χ3v) is 5.53. The van der Waals surface area contributed by atoms with Gasteiger partial charge in [0.15, 0.2) is 0 Å². The number of rotatable bonds is 7. The first-order valence-corrected chi connectivity index (χ1v) is 8.42. The zero-order chi connectivity index (χ0) is 13.6. The van der Waals surface area contributed by atoms with E-state index in [0.717, 1.165) is 12.8 Å². The van der Waals surface area contributed by atoms with Crippen molar-refractivity contribution in [1.82, 2.24) is 8.61 Å². The lowest BCUT2D eigenvalue weighted by atomic mass is 10.1. The van der Waals surface area contributed by atoms with E-state index in [1.807, 2.05) is 13.8 Å². The summed E-state index contributed by atoms with van der Waals surface area (Å²) >= 11 is 5.56. The molecule has 0 saturated carbocycles. The molecular formula is C11H23ClN2O3S. The summed E-state index contributed by atoms with van der Waals surface area (Å²) in [6.07, 6.45) is 1.64. The van der Waals surface area contributed by atoms with Gasteiger partial charge < -0.3 is 4.74 Å². The summed E-state index contributed by atoms with van der Waals surface area (Å²) in [6, 6.07) is 0. The van der Waals surface area contributed by atoms with Gasteiger partial charge in [0, 0.05) is 32.1 Å². The highest BCUT2D eigenvalue weighted by molar-refractivity contribution is 7.86. The minimum absolute atomic E-state index is 0.145. The van der Waals surface area contributed by atoms with E-state index >= 15 is 0 Å². The molecule has 0 unspecified atom stereocenters. The summed E-state index contributed by atoms with van der Waals surface area (Å²) in [6.45, 7) is 6.35. The Kier molecular flexibility index (Phi) is 6.87. The zero-order valence-electron chi connectivity index (χ0n) is 11.1. The molecule has 0 N–H and O–H groups in total. The second kappa shape index (κ2) is 7.65. The van der Waals surface area contributed by atoms with Crippen molar-refractivity contribution < 1.29 is 13.2 Å². The Hall–Kier alpha value is 0.120. The summed E-state index contributed by atoms with van der Waals surface area (Å²) in [5.41, 5.74) is 0. The van der Waals surface area contributed by atoms with Crippen molar-refractivity contribution in [2.45, 2.75) is 32.8 Å². The first kappa shape index (κ1) is 16.2. The molecule has 0 spiro atoms. The van der Waals surface area contributed by atoms with Crippen molar-refractivity contribution in [3.8, 4) is 0 Å². The minimum Gasteiger partial charge on any atom is -0.377 e. The highest BCUT2D eigenvalue weighted by atomic mass is 35.5. The fourth-order valence-electron chi connectivity index (χ4n) is 2.15. The van der Waals surface area contributed by atoms with Gasteiger partial charge in [0.25, 0.3) is 10.2 Å². The first-order valence-electron chi connectivity index (χ1n) is 6.49. The van der Waals surface area contributed by atoms with Gasteiger partial charge in [-0.05, 0) is 12.8 Å². The number of piperidine rings is 1. The maximum Gasteiger partial charge on any atom is 0.281 e. The Morgan fingerprint density at radius 1 is 1.28 bits per heavy atom. The first-order chi connectivity index (χ1) is 8.56. The van der Waals surface area contributed by atoms with E-state index < -0.39 is 10.2 Å². The molecular weight excluding hydrogens is 276 g/mol. The largest absolute Gasteiger partial charge is 0.377 e. The molecule has 0 aromatic rings. The van der Waals surface area contributed by atoms with Gasteiger partial charge in [0.2, 0.25) is 0 Å². The molecule has 0 amide bonds. The molecule has 0 aromatic heterocycles. The predicted molar refractivity (Wildman–Crippen MR) is 73.1 cm³/mol. The Morgan fingerprint density at radius 3 is 2.28 bits per heavy atom. The molecule has 7 heteroatoms. The topological polar surface area (TPSA) is 49.9 Å². The second-order valence-corrected chi connectivity index (χ2v) is 6.56. The fourth-order valence-corrected chi connectivity index (χ4v) is 3.89. The number of nitrogens with zero attached hydrogens (tertiary/aromatic N) is 2. The van der Waals surface area contributed by atoms with Crippen LogP contribution in [0.5, 0.6) is 0 Å². The Bertz CT molecular complexity index is 325. The molecule has 1 heterocycles. The number of halogens is 1. The van der Waals surface area contributed by atoms with Crippen LogP contribution in [0, 0.1) is 0 Å². The van der Waals surface area contributed by atoms with Crippen LogP contribution in [0.25, 0.3) is 0 Å². The second-order valence-electron chi connectivity index (χ2n) is 4.25. The van der Waals surface area contributed by atoms with Gasteiger partial charge >= 0.3 is 0 Å². The normalized spacial score (nSPS) is 19.6. The molecule has 0 aromatic carbocycles. The lowest BCUT2D eigenvalue weighted by molar-refractivity contribution is 0.0292.